The van der Waals surface area contributed by atoms with Crippen molar-refractivity contribution in [1.82, 2.24) is 5.32 Å². The lowest BCUT2D eigenvalue weighted by Crippen LogP contribution is -2.40. The van der Waals surface area contributed by atoms with Crippen LogP contribution in [0.3, 0.4) is 0 Å². The van der Waals surface area contributed by atoms with Crippen molar-refractivity contribution in [2.45, 2.75) is 50.7 Å². The first kappa shape index (κ1) is 13.0. The zero-order chi connectivity index (χ0) is 11.1. The SMILES string of the molecule is COC1CCCC1NC(=O)CCCCBr. The molecule has 0 aliphatic heterocycles. The van der Waals surface area contributed by atoms with Gasteiger partial charge in [-0.2, -0.15) is 0 Å². The summed E-state index contributed by atoms with van der Waals surface area (Å²) in [6.07, 6.45) is 6.17. The smallest absolute Gasteiger partial charge is 0.220 e. The number of rotatable bonds is 6. The molecule has 0 heterocycles. The summed E-state index contributed by atoms with van der Waals surface area (Å²) in [5.74, 6) is 0.171. The van der Waals surface area contributed by atoms with E-state index in [-0.39, 0.29) is 18.1 Å². The van der Waals surface area contributed by atoms with E-state index in [1.54, 1.807) is 7.11 Å². The number of ether oxygens (including phenoxy) is 1. The molecule has 2 unspecified atom stereocenters. The van der Waals surface area contributed by atoms with Gasteiger partial charge in [0.1, 0.15) is 0 Å². The molecule has 0 aromatic carbocycles. The number of hydrogen-bond donors (Lipinski definition) is 1. The van der Waals surface area contributed by atoms with Crippen LogP contribution >= 0.6 is 15.9 Å². The van der Waals surface area contributed by atoms with E-state index in [4.69, 9.17) is 4.74 Å². The molecular formula is C11H20BrNO2. The van der Waals surface area contributed by atoms with Gasteiger partial charge in [-0.25, -0.2) is 0 Å². The summed E-state index contributed by atoms with van der Waals surface area (Å²) in [4.78, 5) is 11.6. The van der Waals surface area contributed by atoms with Gasteiger partial charge in [0.05, 0.1) is 12.1 Å². The number of hydrogen-bond acceptors (Lipinski definition) is 2. The first-order valence-electron chi connectivity index (χ1n) is 5.66. The number of carbonyl (C=O) groups excluding carboxylic acids is 1. The monoisotopic (exact) mass is 277 g/mol. The number of carbonyl (C=O) groups is 1. The van der Waals surface area contributed by atoms with Gasteiger partial charge in [0, 0.05) is 18.9 Å². The van der Waals surface area contributed by atoms with Crippen LogP contribution in [-0.2, 0) is 9.53 Å². The van der Waals surface area contributed by atoms with Gasteiger partial charge in [-0.05, 0) is 32.1 Å². The summed E-state index contributed by atoms with van der Waals surface area (Å²) >= 11 is 3.36. The molecular weight excluding hydrogens is 258 g/mol. The predicted octanol–water partition coefficient (Wildman–Crippen LogP) is 2.24. The predicted molar refractivity (Wildman–Crippen MR) is 64.2 cm³/mol. The maximum atomic E-state index is 11.6. The van der Waals surface area contributed by atoms with E-state index in [0.717, 1.165) is 37.4 Å². The number of nitrogens with one attached hydrogen (secondary N) is 1. The quantitative estimate of drug-likeness (QED) is 0.597. The Labute approximate surface area is 100 Å². The Kier molecular flexibility index (Phi) is 6.25. The largest absolute Gasteiger partial charge is 0.379 e. The van der Waals surface area contributed by atoms with E-state index in [1.165, 1.54) is 0 Å². The second-order valence-corrected chi connectivity index (χ2v) is 4.82. The van der Waals surface area contributed by atoms with Crippen LogP contribution in [0.1, 0.15) is 38.5 Å². The number of alkyl halides is 1. The van der Waals surface area contributed by atoms with Crippen LogP contribution in [0.4, 0.5) is 0 Å². The Morgan fingerprint density at radius 2 is 2.27 bits per heavy atom. The maximum absolute atomic E-state index is 11.6. The zero-order valence-electron chi connectivity index (χ0n) is 9.30. The third-order valence-corrected chi connectivity index (χ3v) is 3.45. The standard InChI is InChI=1S/C11H20BrNO2/c1-15-10-6-4-5-9(10)13-11(14)7-2-3-8-12/h9-10H,2-8H2,1H3,(H,13,14). The van der Waals surface area contributed by atoms with E-state index in [9.17, 15) is 4.79 Å². The number of unbranched alkanes of at least 4 members (excludes halogenated alkanes) is 1. The van der Waals surface area contributed by atoms with Crippen LogP contribution in [0.25, 0.3) is 0 Å². The van der Waals surface area contributed by atoms with Crippen molar-refractivity contribution in [3.8, 4) is 0 Å². The van der Waals surface area contributed by atoms with Crippen LogP contribution in [-0.4, -0.2) is 30.5 Å². The minimum atomic E-state index is 0.171. The fraction of sp³-hybridized carbons (Fsp3) is 0.909. The molecule has 0 saturated heterocycles. The molecule has 0 bridgehead atoms. The topological polar surface area (TPSA) is 38.3 Å². The van der Waals surface area contributed by atoms with Crippen LogP contribution in [0.2, 0.25) is 0 Å². The van der Waals surface area contributed by atoms with Gasteiger partial charge in [-0.1, -0.05) is 15.9 Å². The lowest BCUT2D eigenvalue weighted by Gasteiger charge is -2.19. The minimum Gasteiger partial charge on any atom is -0.379 e. The average Bonchev–Trinajstić information content (AvgIpc) is 2.65. The van der Waals surface area contributed by atoms with Crippen LogP contribution in [0.5, 0.6) is 0 Å². The number of methoxy groups -OCH3 is 1. The maximum Gasteiger partial charge on any atom is 0.220 e. The molecule has 0 aromatic heterocycles. The second-order valence-electron chi connectivity index (χ2n) is 4.03. The third-order valence-electron chi connectivity index (χ3n) is 2.89. The van der Waals surface area contributed by atoms with Crippen molar-refractivity contribution in [3.63, 3.8) is 0 Å². The van der Waals surface area contributed by atoms with Crippen molar-refractivity contribution >= 4 is 21.8 Å². The van der Waals surface area contributed by atoms with Crippen molar-refractivity contribution in [3.05, 3.63) is 0 Å². The molecule has 88 valence electrons. The molecule has 4 heteroatoms. The molecule has 0 spiro atoms. The Morgan fingerprint density at radius 1 is 1.47 bits per heavy atom. The highest BCUT2D eigenvalue weighted by Crippen LogP contribution is 2.21. The molecule has 1 fully saturated rings. The van der Waals surface area contributed by atoms with Gasteiger partial charge in [-0.3, -0.25) is 4.79 Å². The number of halogens is 1. The van der Waals surface area contributed by atoms with Crippen molar-refractivity contribution in [2.75, 3.05) is 12.4 Å². The van der Waals surface area contributed by atoms with E-state index >= 15 is 0 Å². The average molecular weight is 278 g/mol. The summed E-state index contributed by atoms with van der Waals surface area (Å²) in [6, 6.07) is 0.242. The number of amides is 1. The highest BCUT2D eigenvalue weighted by molar-refractivity contribution is 9.09. The fourth-order valence-corrected chi connectivity index (χ4v) is 2.43. The van der Waals surface area contributed by atoms with E-state index in [1.807, 2.05) is 0 Å². The van der Waals surface area contributed by atoms with Crippen molar-refractivity contribution in [1.29, 1.82) is 0 Å². The summed E-state index contributed by atoms with van der Waals surface area (Å²) in [7, 11) is 1.72. The van der Waals surface area contributed by atoms with Gasteiger partial charge in [-0.15, -0.1) is 0 Å². The highest BCUT2D eigenvalue weighted by atomic mass is 79.9. The highest BCUT2D eigenvalue weighted by Gasteiger charge is 2.27. The first-order chi connectivity index (χ1) is 7.27. The van der Waals surface area contributed by atoms with Gasteiger partial charge >= 0.3 is 0 Å². The van der Waals surface area contributed by atoms with Gasteiger partial charge in [0.25, 0.3) is 0 Å². The molecule has 1 aliphatic rings. The molecule has 1 amide bonds. The lowest BCUT2D eigenvalue weighted by molar-refractivity contribution is -0.122. The molecule has 1 N–H and O–H groups in total. The lowest BCUT2D eigenvalue weighted by atomic mass is 10.2. The Hall–Kier alpha value is -0.0900. The fourth-order valence-electron chi connectivity index (χ4n) is 2.03. The first-order valence-corrected chi connectivity index (χ1v) is 6.78. The molecule has 0 aromatic rings. The molecule has 15 heavy (non-hydrogen) atoms. The third kappa shape index (κ3) is 4.51. The van der Waals surface area contributed by atoms with E-state index < -0.39 is 0 Å². The van der Waals surface area contributed by atoms with Gasteiger partial charge in [0.2, 0.25) is 5.91 Å². The van der Waals surface area contributed by atoms with Crippen LogP contribution in [0.15, 0.2) is 0 Å². The molecule has 3 nitrogen and oxygen atoms in total. The van der Waals surface area contributed by atoms with Crippen molar-refractivity contribution < 1.29 is 9.53 Å². The zero-order valence-corrected chi connectivity index (χ0v) is 10.9. The molecule has 2 atom stereocenters. The molecule has 0 radical (unpaired) electrons. The van der Waals surface area contributed by atoms with Crippen LogP contribution < -0.4 is 5.32 Å². The van der Waals surface area contributed by atoms with Gasteiger partial charge in [0.15, 0.2) is 0 Å². The molecule has 1 rings (SSSR count). The summed E-state index contributed by atoms with van der Waals surface area (Å²) in [6.45, 7) is 0. The molecule has 1 saturated carbocycles. The van der Waals surface area contributed by atoms with Crippen LogP contribution in [0, 0.1) is 0 Å². The van der Waals surface area contributed by atoms with Crippen molar-refractivity contribution in [2.24, 2.45) is 0 Å². The Morgan fingerprint density at radius 3 is 2.93 bits per heavy atom. The van der Waals surface area contributed by atoms with Gasteiger partial charge < -0.3 is 10.1 Å². The Bertz CT molecular complexity index is 199. The molecule has 1 aliphatic carbocycles. The summed E-state index contributed by atoms with van der Waals surface area (Å²) < 4.78 is 5.33. The normalized spacial score (nSPS) is 25.5. The minimum absolute atomic E-state index is 0.171. The van der Waals surface area contributed by atoms with E-state index in [0.29, 0.717) is 6.42 Å². The summed E-state index contributed by atoms with van der Waals surface area (Å²) in [5.41, 5.74) is 0. The van der Waals surface area contributed by atoms with E-state index in [2.05, 4.69) is 21.2 Å². The second kappa shape index (κ2) is 7.23. The Balaban J connectivity index is 2.19. The summed E-state index contributed by atoms with van der Waals surface area (Å²) in [5, 5.41) is 4.04.